The Morgan fingerprint density at radius 2 is 1.28 bits per heavy atom. The number of aliphatic hydroxyl groups excluding tert-OH is 1. The summed E-state index contributed by atoms with van der Waals surface area (Å²) in [5, 5.41) is 15.7. The average Bonchev–Trinajstić information content (AvgIpc) is 4.15. The number of aryl methyl sites for hydroxylation is 1. The number of hydrogen-bond acceptors (Lipinski definition) is 10. The average molecular weight is 875 g/mol. The maximum absolute atomic E-state index is 16.3. The van der Waals surface area contributed by atoms with Crippen molar-refractivity contribution in [2.75, 3.05) is 26.8 Å². The van der Waals surface area contributed by atoms with E-state index in [0.717, 1.165) is 46.8 Å². The number of aromatic amines is 2. The molecular formula is C47H51FN8O8. The Hall–Kier alpha value is -6.75. The lowest BCUT2D eigenvalue weighted by Gasteiger charge is -2.30. The third-order valence-corrected chi connectivity index (χ3v) is 12.7. The van der Waals surface area contributed by atoms with Gasteiger partial charge in [-0.25, -0.2) is 19.2 Å². The number of benzene rings is 3. The molecule has 2 aliphatic heterocycles. The van der Waals surface area contributed by atoms with E-state index in [1.54, 1.807) is 40.1 Å². The molecule has 4 aromatic heterocycles. The van der Waals surface area contributed by atoms with Crippen molar-refractivity contribution in [3.63, 3.8) is 0 Å². The molecular weight excluding hydrogens is 824 g/mol. The largest absolute Gasteiger partial charge is 0.456 e. The van der Waals surface area contributed by atoms with Crippen LogP contribution in [0.1, 0.15) is 82.7 Å². The number of furan rings is 2. The van der Waals surface area contributed by atoms with E-state index in [1.165, 1.54) is 7.11 Å². The SMILES string of the molecule is COC(=O)N[C@@H](C(=O)N1CCCC1c1nc2ccc(-c3oc4cc5c(F)c(-c6ccc7nc(C8CCCN8C(=O)[C@@H](NC(=O)CO)C(C)C)[nH]c7c6)oc5cc4c3C)cc2[nH]1)C(C)C. The van der Waals surface area contributed by atoms with Crippen LogP contribution in [-0.4, -0.2) is 97.5 Å². The smallest absolute Gasteiger partial charge is 0.407 e. The van der Waals surface area contributed by atoms with Crippen molar-refractivity contribution in [3.8, 4) is 22.6 Å². The van der Waals surface area contributed by atoms with Crippen LogP contribution in [0.3, 0.4) is 0 Å². The number of imidazole rings is 2. The zero-order valence-corrected chi connectivity index (χ0v) is 36.5. The molecule has 9 rings (SSSR count). The Balaban J connectivity index is 0.965. The van der Waals surface area contributed by atoms with Crippen molar-refractivity contribution in [3.05, 3.63) is 71.6 Å². The molecule has 7 aromatic rings. The molecule has 2 saturated heterocycles. The highest BCUT2D eigenvalue weighted by molar-refractivity contribution is 6.00. The first-order valence-electron chi connectivity index (χ1n) is 21.8. The van der Waals surface area contributed by atoms with Crippen molar-refractivity contribution < 1.29 is 42.2 Å². The number of carbonyl (C=O) groups is 4. The number of rotatable bonds is 11. The number of methoxy groups -OCH3 is 1. The van der Waals surface area contributed by atoms with Crippen molar-refractivity contribution in [1.29, 1.82) is 0 Å². The van der Waals surface area contributed by atoms with Crippen molar-refractivity contribution in [2.24, 2.45) is 11.8 Å². The fourth-order valence-corrected chi connectivity index (χ4v) is 9.32. The van der Waals surface area contributed by atoms with Gasteiger partial charge in [-0.2, -0.15) is 0 Å². The van der Waals surface area contributed by atoms with Gasteiger partial charge < -0.3 is 49.1 Å². The summed E-state index contributed by atoms with van der Waals surface area (Å²) < 4.78 is 33.8. The second-order valence-corrected chi connectivity index (χ2v) is 17.5. The van der Waals surface area contributed by atoms with Crippen LogP contribution < -0.4 is 10.6 Å². The van der Waals surface area contributed by atoms with E-state index in [1.807, 2.05) is 52.8 Å². The van der Waals surface area contributed by atoms with Crippen molar-refractivity contribution >= 4 is 67.8 Å². The van der Waals surface area contributed by atoms with E-state index in [2.05, 4.69) is 20.6 Å². The molecule has 2 unspecified atom stereocenters. The van der Waals surface area contributed by atoms with Gasteiger partial charge in [0.1, 0.15) is 47.3 Å². The summed E-state index contributed by atoms with van der Waals surface area (Å²) >= 11 is 0. The highest BCUT2D eigenvalue weighted by Gasteiger charge is 2.39. The summed E-state index contributed by atoms with van der Waals surface area (Å²) in [6.07, 6.45) is 2.31. The quantitative estimate of drug-likeness (QED) is 0.0861. The lowest BCUT2D eigenvalue weighted by Crippen LogP contribution is -2.51. The van der Waals surface area contributed by atoms with Crippen LogP contribution in [-0.2, 0) is 19.1 Å². The number of amides is 4. The van der Waals surface area contributed by atoms with Gasteiger partial charge in [0.15, 0.2) is 11.6 Å². The molecule has 2 fully saturated rings. The van der Waals surface area contributed by atoms with Gasteiger partial charge in [0.2, 0.25) is 17.7 Å². The minimum absolute atomic E-state index is 0.0677. The Kier molecular flexibility index (Phi) is 11.1. The zero-order valence-electron chi connectivity index (χ0n) is 36.5. The molecule has 2 aliphatic rings. The van der Waals surface area contributed by atoms with E-state index in [9.17, 15) is 24.3 Å². The number of alkyl carbamates (subject to hydrolysis) is 1. The third-order valence-electron chi connectivity index (χ3n) is 12.7. The van der Waals surface area contributed by atoms with Gasteiger partial charge in [0, 0.05) is 35.2 Å². The normalized spacial score (nSPS) is 17.7. The van der Waals surface area contributed by atoms with Crippen LogP contribution in [0.4, 0.5) is 9.18 Å². The highest BCUT2D eigenvalue weighted by atomic mass is 19.1. The molecule has 5 N–H and O–H groups in total. The van der Waals surface area contributed by atoms with E-state index >= 15 is 4.39 Å². The van der Waals surface area contributed by atoms with Crippen LogP contribution in [0.5, 0.6) is 0 Å². The Labute approximate surface area is 366 Å². The summed E-state index contributed by atoms with van der Waals surface area (Å²) in [4.78, 5) is 71.4. The molecule has 0 bridgehead atoms. The third kappa shape index (κ3) is 7.50. The Bertz CT molecular complexity index is 2770. The van der Waals surface area contributed by atoms with E-state index in [4.69, 9.17) is 23.5 Å². The van der Waals surface area contributed by atoms with Gasteiger partial charge in [-0.1, -0.05) is 27.7 Å². The number of likely N-dealkylation sites (tertiary alicyclic amines) is 2. The first-order valence-corrected chi connectivity index (χ1v) is 21.8. The first-order chi connectivity index (χ1) is 30.7. The monoisotopic (exact) mass is 874 g/mol. The minimum atomic E-state index is -0.789. The number of fused-ring (bicyclic) bond motifs is 4. The van der Waals surface area contributed by atoms with Gasteiger partial charge in [-0.05, 0) is 93.0 Å². The second-order valence-electron chi connectivity index (χ2n) is 17.5. The number of aromatic nitrogens is 4. The highest BCUT2D eigenvalue weighted by Crippen LogP contribution is 2.41. The maximum atomic E-state index is 16.3. The summed E-state index contributed by atoms with van der Waals surface area (Å²) in [6, 6.07) is 12.4. The number of aliphatic hydroxyl groups is 1. The van der Waals surface area contributed by atoms with E-state index < -0.39 is 36.5 Å². The van der Waals surface area contributed by atoms with Gasteiger partial charge in [-0.3, -0.25) is 14.4 Å². The fraction of sp³-hybridized carbons (Fsp3) is 0.404. The van der Waals surface area contributed by atoms with Crippen LogP contribution >= 0.6 is 0 Å². The summed E-state index contributed by atoms with van der Waals surface area (Å²) in [5.74, 6) is 0.0396. The van der Waals surface area contributed by atoms with Crippen molar-refractivity contribution in [1.82, 2.24) is 40.4 Å². The number of carbonyl (C=O) groups excluding carboxylic acids is 4. The molecule has 17 heteroatoms. The number of hydrogen-bond donors (Lipinski definition) is 5. The van der Waals surface area contributed by atoms with E-state index in [-0.39, 0.29) is 46.9 Å². The molecule has 3 aromatic carbocycles. The molecule has 0 radical (unpaired) electrons. The maximum Gasteiger partial charge on any atom is 0.407 e. The number of nitrogens with zero attached hydrogens (tertiary/aromatic N) is 4. The molecule has 0 saturated carbocycles. The van der Waals surface area contributed by atoms with Crippen LogP contribution in [0, 0.1) is 24.6 Å². The van der Waals surface area contributed by atoms with Crippen molar-refractivity contribution in [2.45, 2.75) is 84.5 Å². The number of nitrogens with one attached hydrogen (secondary N) is 4. The van der Waals surface area contributed by atoms with Crippen LogP contribution in [0.2, 0.25) is 0 Å². The molecule has 0 aliphatic carbocycles. The van der Waals surface area contributed by atoms with Gasteiger partial charge in [0.05, 0.1) is 46.6 Å². The number of ether oxygens (including phenoxy) is 1. The molecule has 0 spiro atoms. The summed E-state index contributed by atoms with van der Waals surface area (Å²) in [5.41, 5.74) is 5.80. The standard InChI is InChI=1S/C47H51FN8O8/c1-22(2)39(53-37(58)21-57)45(59)55-15-7-9-33(55)43-50-30-14-12-26(18-32(30)52-43)42-38(48)28-20-35-27(19-36(28)64-42)24(5)41(63-35)25-11-13-29-31(17-25)51-44(49-29)34-10-8-16-56(34)46(60)40(23(3)4)54-47(61)62-6/h11-14,17-20,22-23,33-34,39-40,57H,7-10,15-16,21H2,1-6H3,(H,49,51)(H,50,52)(H,53,58)(H,54,61)/t33?,34?,39-,40+/m0/s1. The summed E-state index contributed by atoms with van der Waals surface area (Å²) in [7, 11) is 1.27. The van der Waals surface area contributed by atoms with Gasteiger partial charge in [0.25, 0.3) is 0 Å². The zero-order chi connectivity index (χ0) is 45.1. The lowest BCUT2D eigenvalue weighted by molar-refractivity contribution is -0.139. The van der Waals surface area contributed by atoms with Crippen LogP contribution in [0.25, 0.3) is 66.7 Å². The molecule has 4 amide bonds. The first kappa shape index (κ1) is 42.5. The molecule has 64 heavy (non-hydrogen) atoms. The molecule has 334 valence electrons. The molecule has 4 atom stereocenters. The van der Waals surface area contributed by atoms with Gasteiger partial charge >= 0.3 is 6.09 Å². The fourth-order valence-electron chi connectivity index (χ4n) is 9.32. The van der Waals surface area contributed by atoms with Gasteiger partial charge in [-0.15, -0.1) is 0 Å². The minimum Gasteiger partial charge on any atom is -0.456 e. The predicted octanol–water partition coefficient (Wildman–Crippen LogP) is 7.55. The predicted molar refractivity (Wildman–Crippen MR) is 236 cm³/mol. The summed E-state index contributed by atoms with van der Waals surface area (Å²) in [6.45, 7) is 9.74. The second kappa shape index (κ2) is 16.7. The Morgan fingerprint density at radius 3 is 1.81 bits per heavy atom. The number of H-pyrrole nitrogens is 2. The number of halogens is 1. The Morgan fingerprint density at radius 1 is 0.781 bits per heavy atom. The molecule has 16 nitrogen and oxygen atoms in total. The lowest BCUT2D eigenvalue weighted by atomic mass is 10.0. The molecule has 6 heterocycles. The topological polar surface area (TPSA) is 212 Å². The van der Waals surface area contributed by atoms with Crippen LogP contribution in [0.15, 0.2) is 57.4 Å². The van der Waals surface area contributed by atoms with E-state index in [0.29, 0.717) is 64.7 Å².